The summed E-state index contributed by atoms with van der Waals surface area (Å²) >= 11 is 0. The van der Waals surface area contributed by atoms with Crippen molar-refractivity contribution in [1.29, 1.82) is 0 Å². The van der Waals surface area contributed by atoms with E-state index >= 15 is 0 Å². The lowest BCUT2D eigenvalue weighted by atomic mass is 9.45. The maximum absolute atomic E-state index is 12.8. The van der Waals surface area contributed by atoms with Crippen LogP contribution in [0.2, 0.25) is 0 Å². The Balaban J connectivity index is 1.44. The molecule has 2 bridgehead atoms. The van der Waals surface area contributed by atoms with Crippen LogP contribution in [0.5, 0.6) is 0 Å². The van der Waals surface area contributed by atoms with Gasteiger partial charge in [0.25, 0.3) is 0 Å². The summed E-state index contributed by atoms with van der Waals surface area (Å²) in [6, 6.07) is 0. The molecule has 0 N–H and O–H groups in total. The molecule has 0 radical (unpaired) electrons. The van der Waals surface area contributed by atoms with Crippen LogP contribution in [0.3, 0.4) is 0 Å². The number of allylic oxidation sites excluding steroid dienone is 1. The average Bonchev–Trinajstić information content (AvgIpc) is 3.11. The molecule has 0 amide bonds. The molecular weight excluding hydrogens is 340 g/mol. The molecule has 1 aliphatic heterocycles. The predicted octanol–water partition coefficient (Wildman–Crippen LogP) is 4.22. The highest BCUT2D eigenvalue weighted by molar-refractivity contribution is 5.86. The highest BCUT2D eigenvalue weighted by Gasteiger charge is 2.70. The molecule has 5 rings (SSSR count). The summed E-state index contributed by atoms with van der Waals surface area (Å²) in [5.74, 6) is 1.13. The van der Waals surface area contributed by atoms with Crippen LogP contribution >= 0.6 is 0 Å². The third-order valence-electron chi connectivity index (χ3n) is 9.13. The second-order valence-corrected chi connectivity index (χ2v) is 10.1. The molecule has 0 aromatic rings. The van der Waals surface area contributed by atoms with Crippen LogP contribution in [0.15, 0.2) is 11.6 Å². The second kappa shape index (κ2) is 5.92. The Hall–Kier alpha value is -1.16. The lowest BCUT2D eigenvalue weighted by Gasteiger charge is -2.58. The van der Waals surface area contributed by atoms with Crippen LogP contribution in [-0.2, 0) is 19.1 Å². The summed E-state index contributed by atoms with van der Waals surface area (Å²) in [6.45, 7) is 4.49. The largest absolute Gasteiger partial charge is 0.458 e. The summed E-state index contributed by atoms with van der Waals surface area (Å²) in [7, 11) is 0. The van der Waals surface area contributed by atoms with Crippen LogP contribution in [0.25, 0.3) is 0 Å². The Morgan fingerprint density at radius 2 is 2.04 bits per heavy atom. The first-order valence-corrected chi connectivity index (χ1v) is 10.9. The monoisotopic (exact) mass is 372 g/mol. The quantitative estimate of drug-likeness (QED) is 0.550. The zero-order chi connectivity index (χ0) is 18.9. The van der Waals surface area contributed by atoms with Crippen molar-refractivity contribution in [3.05, 3.63) is 11.6 Å². The zero-order valence-electron chi connectivity index (χ0n) is 16.7. The van der Waals surface area contributed by atoms with Crippen LogP contribution in [-0.4, -0.2) is 30.6 Å². The molecule has 3 saturated carbocycles. The maximum atomic E-state index is 12.8. The summed E-state index contributed by atoms with van der Waals surface area (Å²) in [5, 5.41) is 0. The molecule has 1 heterocycles. The number of ketones is 1. The number of hydrogen-bond donors (Lipinski definition) is 0. The van der Waals surface area contributed by atoms with E-state index in [1.165, 1.54) is 51.0 Å². The third-order valence-corrected chi connectivity index (χ3v) is 9.13. The van der Waals surface area contributed by atoms with E-state index in [0.717, 1.165) is 31.8 Å². The van der Waals surface area contributed by atoms with Gasteiger partial charge in [0.05, 0.1) is 12.2 Å². The highest BCUT2D eigenvalue weighted by Crippen LogP contribution is 2.71. The van der Waals surface area contributed by atoms with Gasteiger partial charge in [-0.25, -0.2) is 0 Å². The summed E-state index contributed by atoms with van der Waals surface area (Å²) in [6.07, 6.45) is 13.3. The normalized spacial score (nSPS) is 47.5. The maximum Gasteiger partial charge on any atom is 0.303 e. The van der Waals surface area contributed by atoms with Crippen molar-refractivity contribution in [3.8, 4) is 0 Å². The van der Waals surface area contributed by atoms with E-state index in [2.05, 4.69) is 13.0 Å². The van der Waals surface area contributed by atoms with Gasteiger partial charge >= 0.3 is 5.97 Å². The second-order valence-electron chi connectivity index (χ2n) is 10.1. The Morgan fingerprint density at radius 3 is 2.85 bits per heavy atom. The zero-order valence-corrected chi connectivity index (χ0v) is 16.7. The summed E-state index contributed by atoms with van der Waals surface area (Å²) in [4.78, 5) is 24.0. The van der Waals surface area contributed by atoms with Crippen molar-refractivity contribution < 1.29 is 19.1 Å². The van der Waals surface area contributed by atoms with Crippen molar-refractivity contribution in [3.63, 3.8) is 0 Å². The van der Waals surface area contributed by atoms with Crippen molar-refractivity contribution in [2.24, 2.45) is 28.6 Å². The van der Waals surface area contributed by atoms with Crippen LogP contribution in [0.4, 0.5) is 0 Å². The molecule has 0 unspecified atom stereocenters. The van der Waals surface area contributed by atoms with Crippen molar-refractivity contribution in [1.82, 2.24) is 0 Å². The van der Waals surface area contributed by atoms with Crippen LogP contribution < -0.4 is 0 Å². The molecule has 1 saturated heterocycles. The van der Waals surface area contributed by atoms with Crippen molar-refractivity contribution in [2.45, 2.75) is 77.2 Å². The fourth-order valence-electron chi connectivity index (χ4n) is 7.99. The van der Waals surface area contributed by atoms with Gasteiger partial charge in [0, 0.05) is 23.7 Å². The van der Waals surface area contributed by atoms with Crippen molar-refractivity contribution >= 4 is 11.8 Å². The molecule has 4 heteroatoms. The number of esters is 1. The first-order chi connectivity index (χ1) is 12.9. The smallest absolute Gasteiger partial charge is 0.303 e. The topological polar surface area (TPSA) is 52.6 Å². The molecule has 1 spiro atoms. The number of carbonyl (C=O) groups is 2. The Labute approximate surface area is 162 Å². The van der Waals surface area contributed by atoms with Gasteiger partial charge in [0.1, 0.15) is 6.61 Å². The lowest BCUT2D eigenvalue weighted by molar-refractivity contribution is -0.148. The van der Waals surface area contributed by atoms with E-state index in [0.29, 0.717) is 11.3 Å². The average molecular weight is 373 g/mol. The fourth-order valence-corrected chi connectivity index (χ4v) is 7.99. The van der Waals surface area contributed by atoms with Crippen LogP contribution in [0, 0.1) is 28.6 Å². The molecule has 0 aromatic carbocycles. The van der Waals surface area contributed by atoms with Gasteiger partial charge in [0.2, 0.25) is 0 Å². The number of ether oxygens (including phenoxy) is 2. The molecule has 5 aliphatic rings. The predicted molar refractivity (Wildman–Crippen MR) is 101 cm³/mol. The van der Waals surface area contributed by atoms with E-state index in [1.54, 1.807) is 0 Å². The molecule has 4 aliphatic carbocycles. The van der Waals surface area contributed by atoms with Gasteiger partial charge in [-0.3, -0.25) is 9.59 Å². The standard InChI is InChI=1S/C23H32O4/c1-15(24)26-13-18(25)17-6-7-19-21(17,2)11-9-20-22-10-4-3-5-16(22)8-12-23(19,20)27-14-22/h7,16-17,20H,3-6,8-14H2,1-2H3/t16-,17+,20+,21+,22+,23+/m0/s1. The van der Waals surface area contributed by atoms with E-state index in [1.807, 2.05) is 0 Å². The van der Waals surface area contributed by atoms with Crippen LogP contribution in [0.1, 0.15) is 71.6 Å². The Kier molecular flexibility index (Phi) is 3.93. The molecule has 27 heavy (non-hydrogen) atoms. The summed E-state index contributed by atoms with van der Waals surface area (Å²) in [5.41, 5.74) is 1.59. The van der Waals surface area contributed by atoms with E-state index in [-0.39, 0.29) is 35.3 Å². The third kappa shape index (κ3) is 2.25. The SMILES string of the molecule is CC(=O)OCC(=O)[C@H]1CC=C2[C@]1(C)CC[C@@H]1[C@@]34CCCC[C@H]3CC[C@@]21OC4. The Bertz CT molecular complexity index is 707. The first-order valence-electron chi connectivity index (χ1n) is 10.9. The van der Waals surface area contributed by atoms with Gasteiger partial charge < -0.3 is 9.47 Å². The molecular formula is C23H32O4. The minimum absolute atomic E-state index is 0.0635. The van der Waals surface area contributed by atoms with E-state index in [4.69, 9.17) is 9.47 Å². The highest BCUT2D eigenvalue weighted by atomic mass is 16.5. The number of fused-ring (bicyclic) bond motifs is 1. The molecule has 4 fully saturated rings. The Morgan fingerprint density at radius 1 is 1.19 bits per heavy atom. The van der Waals surface area contributed by atoms with Gasteiger partial charge in [0.15, 0.2) is 5.78 Å². The first kappa shape index (κ1) is 17.9. The number of carbonyl (C=O) groups excluding carboxylic acids is 2. The van der Waals surface area contributed by atoms with Gasteiger partial charge in [-0.05, 0) is 62.4 Å². The molecule has 4 nitrogen and oxygen atoms in total. The fraction of sp³-hybridized carbons (Fsp3) is 0.826. The van der Waals surface area contributed by atoms with Crippen molar-refractivity contribution in [2.75, 3.05) is 13.2 Å². The lowest BCUT2D eigenvalue weighted by Crippen LogP contribution is -2.57. The number of Topliss-reactive ketones (excluding diaryl/α,β-unsaturated/α-hetero) is 1. The summed E-state index contributed by atoms with van der Waals surface area (Å²) < 4.78 is 11.8. The minimum Gasteiger partial charge on any atom is -0.458 e. The van der Waals surface area contributed by atoms with E-state index < -0.39 is 0 Å². The van der Waals surface area contributed by atoms with Gasteiger partial charge in [-0.15, -0.1) is 0 Å². The number of rotatable bonds is 3. The van der Waals surface area contributed by atoms with Gasteiger partial charge in [-0.1, -0.05) is 25.8 Å². The molecule has 6 atom stereocenters. The van der Waals surface area contributed by atoms with E-state index in [9.17, 15) is 9.59 Å². The minimum atomic E-state index is -0.376. The van der Waals surface area contributed by atoms with Gasteiger partial charge in [-0.2, -0.15) is 0 Å². The number of hydrogen-bond acceptors (Lipinski definition) is 4. The molecule has 0 aromatic heterocycles. The molecule has 148 valence electrons.